The fraction of sp³-hybridized carbons (Fsp3) is 0. The molecule has 600 valence electrons. The Morgan fingerprint density at radius 3 is 1.03 bits per heavy atom. The summed E-state index contributed by atoms with van der Waals surface area (Å²) in [6.45, 7) is 0. The molecule has 9 aromatic heterocycles. The molecule has 12 heterocycles. The monoisotopic (exact) mass is 1730 g/mol. The summed E-state index contributed by atoms with van der Waals surface area (Å²) < 4.78 is 18.6. The van der Waals surface area contributed by atoms with Crippen molar-refractivity contribution in [3.63, 3.8) is 0 Å². The molecular weight excluding hydrogens is 1670 g/mol. The number of para-hydroxylation sites is 5. The summed E-state index contributed by atoms with van der Waals surface area (Å²) in [5.41, 5.74) is 24.6. The lowest BCUT2D eigenvalue weighted by molar-refractivity contribution is 0.670. The van der Waals surface area contributed by atoms with Gasteiger partial charge >= 0.3 is 0 Å². The number of aromatic nitrogens is 6. The first-order valence-corrected chi connectivity index (χ1v) is 47.1. The fourth-order valence-electron chi connectivity index (χ4n) is 20.3. The fourth-order valence-corrected chi connectivity index (χ4v) is 26.0. The number of fused-ring (bicyclic) bond motifs is 24. The molecule has 0 radical (unpaired) electrons. The first kappa shape index (κ1) is 72.6. The molecule has 0 spiro atoms. The van der Waals surface area contributed by atoms with E-state index in [1.807, 2.05) is 34.8 Å². The van der Waals surface area contributed by atoms with Gasteiger partial charge in [-0.3, -0.25) is 14.7 Å². The van der Waals surface area contributed by atoms with Gasteiger partial charge in [0.1, 0.15) is 11.2 Å². The highest BCUT2D eigenvalue weighted by atomic mass is 32.1. The van der Waals surface area contributed by atoms with Crippen LogP contribution >= 0.6 is 56.7 Å². The average Bonchev–Trinajstić information content (AvgIpc) is 1.19. The molecule has 18 aromatic carbocycles. The molecule has 30 rings (SSSR count). The molecule has 0 unspecified atom stereocenters. The summed E-state index contributed by atoms with van der Waals surface area (Å²) in [7, 11) is 0. The van der Waals surface area contributed by atoms with E-state index in [2.05, 4.69) is 385 Å². The summed E-state index contributed by atoms with van der Waals surface area (Å²) in [5.74, 6) is 2.03. The Morgan fingerprint density at radius 2 is 0.527 bits per heavy atom. The Balaban J connectivity index is 0.0000000976. The summed E-state index contributed by atoms with van der Waals surface area (Å²) in [5, 5.41) is 18.1. The van der Waals surface area contributed by atoms with E-state index in [0.717, 1.165) is 126 Å². The van der Waals surface area contributed by atoms with Crippen LogP contribution in [0.25, 0.3) is 223 Å². The quantitative estimate of drug-likeness (QED) is 0.160. The molecule has 0 N–H and O–H groups in total. The minimum Gasteiger partial charge on any atom is -0.455 e. The molecular formula is C114H63N9OS5. The number of rotatable bonds is 6. The van der Waals surface area contributed by atoms with Crippen LogP contribution in [0.15, 0.2) is 387 Å². The van der Waals surface area contributed by atoms with Crippen molar-refractivity contribution in [2.45, 2.75) is 0 Å². The number of benzene rings is 18. The normalized spacial score (nSPS) is 12.6. The third kappa shape index (κ3) is 11.0. The second kappa shape index (κ2) is 28.4. The van der Waals surface area contributed by atoms with E-state index in [1.54, 1.807) is 34.0 Å². The predicted molar refractivity (Wildman–Crippen MR) is 548 cm³/mol. The van der Waals surface area contributed by atoms with E-state index in [9.17, 15) is 0 Å². The highest BCUT2D eigenvalue weighted by Crippen LogP contribution is 2.57. The van der Waals surface area contributed by atoms with Crippen LogP contribution < -0.4 is 14.7 Å². The van der Waals surface area contributed by atoms with Crippen molar-refractivity contribution in [2.24, 2.45) is 0 Å². The van der Waals surface area contributed by atoms with Crippen molar-refractivity contribution in [2.75, 3.05) is 14.7 Å². The van der Waals surface area contributed by atoms with Gasteiger partial charge in [-0.15, -0.1) is 56.7 Å². The molecule has 0 aliphatic carbocycles. The lowest BCUT2D eigenvalue weighted by Gasteiger charge is -2.32. The topological polar surface area (TPSA) is 100 Å². The Morgan fingerprint density at radius 1 is 0.202 bits per heavy atom. The summed E-state index contributed by atoms with van der Waals surface area (Å²) in [6.07, 6.45) is 0. The Kier molecular flexibility index (Phi) is 16.0. The Bertz CT molecular complexity index is 9470. The number of nitrogens with zero attached hydrogens (tertiary/aromatic N) is 9. The maximum atomic E-state index is 6.53. The molecule has 10 nitrogen and oxygen atoms in total. The minimum absolute atomic E-state index is 0.647. The van der Waals surface area contributed by atoms with Crippen molar-refractivity contribution in [1.82, 2.24) is 29.9 Å². The van der Waals surface area contributed by atoms with E-state index in [0.29, 0.717) is 17.8 Å². The van der Waals surface area contributed by atoms with E-state index in [4.69, 9.17) is 34.3 Å². The zero-order valence-electron chi connectivity index (χ0n) is 68.3. The van der Waals surface area contributed by atoms with Gasteiger partial charge in [0.15, 0.2) is 0 Å². The van der Waals surface area contributed by atoms with Gasteiger partial charge < -0.3 is 4.42 Å². The van der Waals surface area contributed by atoms with Gasteiger partial charge in [0.05, 0.1) is 81.9 Å². The molecule has 0 amide bonds. The van der Waals surface area contributed by atoms with Crippen LogP contribution in [0.1, 0.15) is 0 Å². The van der Waals surface area contributed by atoms with E-state index >= 15 is 0 Å². The number of hydrogen-bond acceptors (Lipinski definition) is 15. The van der Waals surface area contributed by atoms with Gasteiger partial charge in [0.25, 0.3) is 0 Å². The van der Waals surface area contributed by atoms with Gasteiger partial charge in [-0.05, 0) is 130 Å². The molecule has 27 aromatic rings. The highest BCUT2D eigenvalue weighted by Gasteiger charge is 2.35. The number of hydrogen-bond donors (Lipinski definition) is 0. The van der Waals surface area contributed by atoms with Crippen molar-refractivity contribution in [3.8, 4) is 67.2 Å². The molecule has 0 bridgehead atoms. The summed E-state index contributed by atoms with van der Waals surface area (Å²) >= 11 is 8.98. The number of furan rings is 1. The minimum atomic E-state index is 0.647. The Labute approximate surface area is 756 Å². The average molecular weight is 1740 g/mol. The smallest absolute Gasteiger partial charge is 0.235 e. The van der Waals surface area contributed by atoms with Crippen LogP contribution in [-0.4, -0.2) is 29.9 Å². The molecule has 3 aliphatic heterocycles. The van der Waals surface area contributed by atoms with Crippen LogP contribution in [0.5, 0.6) is 0 Å². The standard InChI is InChI=1S/C38H21N3OS.2C38H21N3S2/c1-4-18-29-23(12-1)25-15-7-10-22-11-8-19-30(33(22)25)41(29)38-39-34-27-14-3-6-21-32(27)43-37(34)35(40-38)28-17-9-16-26-24-13-2-5-20-31(24)42-36(26)28;1-4-17-28-23(12-1)24-15-7-10-22-11-8-18-29(33(22)24)41(28)38-39-35-26-14-3-6-20-31(26)43-37(35)36(40-38)27-16-9-21-32-34(27)25-13-2-5-19-30(25)42-32;1-4-15-29-24(11-1)26-14-7-9-22-10-8-16-30(34(22)26)41(29)38-39-35(37-36(40-38)27-13-3-6-18-32(27)43-37)23-19-20-33-28(21-23)25-12-2-5-17-31(25)42-33/h3*1-21H. The van der Waals surface area contributed by atoms with Gasteiger partial charge in [-0.2, -0.15) is 0 Å². The van der Waals surface area contributed by atoms with Gasteiger partial charge in [0.2, 0.25) is 17.8 Å². The lowest BCUT2D eigenvalue weighted by Crippen LogP contribution is -2.17. The first-order valence-electron chi connectivity index (χ1n) is 43.0. The van der Waals surface area contributed by atoms with E-state index in [1.165, 1.54) is 131 Å². The Hall–Kier alpha value is -15.7. The van der Waals surface area contributed by atoms with Crippen LogP contribution in [0.4, 0.5) is 52.0 Å². The first-order chi connectivity index (χ1) is 64.0. The SMILES string of the molecule is c1ccc2c(c1)-c1cccc3cccc(c13)N2c1nc(-c2ccc3sc4ccccc4c3c2)c2sc3ccccc3c2n1.c1ccc2c(c1)-c1cccc3cccc(c13)N2c1nc(-c2cccc3c2oc2ccccc23)c2sc3ccccc3c2n1.c1ccc2c(c1)-c1cccc3cccc(c13)N2c1nc(-c2cccc3sc4ccccc4c23)c2sc3ccccc3c2n1. The van der Waals surface area contributed by atoms with Crippen molar-refractivity contribution < 1.29 is 4.42 Å². The van der Waals surface area contributed by atoms with Crippen molar-refractivity contribution >= 4 is 264 Å². The molecule has 0 saturated carbocycles. The summed E-state index contributed by atoms with van der Waals surface area (Å²) in [4.78, 5) is 39.3. The van der Waals surface area contributed by atoms with Gasteiger partial charge in [-0.25, -0.2) is 29.9 Å². The zero-order chi connectivity index (χ0) is 84.2. The van der Waals surface area contributed by atoms with Crippen LogP contribution in [0, 0.1) is 0 Å². The third-order valence-corrected chi connectivity index (χ3v) is 31.7. The highest BCUT2D eigenvalue weighted by molar-refractivity contribution is 7.28. The molecule has 0 atom stereocenters. The van der Waals surface area contributed by atoms with Crippen molar-refractivity contribution in [3.05, 3.63) is 382 Å². The van der Waals surface area contributed by atoms with Gasteiger partial charge in [-0.1, -0.05) is 285 Å². The van der Waals surface area contributed by atoms with Crippen LogP contribution in [-0.2, 0) is 0 Å². The largest absolute Gasteiger partial charge is 0.455 e. The second-order valence-electron chi connectivity index (χ2n) is 32.9. The van der Waals surface area contributed by atoms with Crippen molar-refractivity contribution in [1.29, 1.82) is 0 Å². The molecule has 0 saturated heterocycles. The second-order valence-corrected chi connectivity index (χ2v) is 38.2. The lowest BCUT2D eigenvalue weighted by atomic mass is 9.91. The molecule has 15 heteroatoms. The molecule has 0 fully saturated rings. The van der Waals surface area contributed by atoms with Gasteiger partial charge in [0, 0.05) is 131 Å². The van der Waals surface area contributed by atoms with E-state index < -0.39 is 0 Å². The van der Waals surface area contributed by atoms with Crippen LogP contribution in [0.3, 0.4) is 0 Å². The molecule has 129 heavy (non-hydrogen) atoms. The zero-order valence-corrected chi connectivity index (χ0v) is 72.4. The predicted octanol–water partition coefficient (Wildman–Crippen LogP) is 34.0. The van der Waals surface area contributed by atoms with Crippen LogP contribution in [0.2, 0.25) is 0 Å². The number of anilines is 9. The maximum absolute atomic E-state index is 6.53. The third-order valence-electron chi connectivity index (χ3n) is 25.9. The number of thiophene rings is 5. The maximum Gasteiger partial charge on any atom is 0.235 e. The molecule has 3 aliphatic rings. The van der Waals surface area contributed by atoms with E-state index in [-0.39, 0.29) is 0 Å². The summed E-state index contributed by atoms with van der Waals surface area (Å²) in [6, 6.07) is 136.